The molecule has 0 N–H and O–H groups in total. The summed E-state index contributed by atoms with van der Waals surface area (Å²) in [5.41, 5.74) is 2.37. The van der Waals surface area contributed by atoms with E-state index in [9.17, 15) is 19.2 Å². The maximum Gasteiger partial charge on any atom is 0.379 e. The van der Waals surface area contributed by atoms with Crippen LogP contribution in [-0.2, 0) is 19.1 Å². The average molecular weight is 628 g/mol. The van der Waals surface area contributed by atoms with Crippen LogP contribution in [0, 0.1) is 0 Å². The summed E-state index contributed by atoms with van der Waals surface area (Å²) in [6, 6.07) is 16.0. The highest BCUT2D eigenvalue weighted by molar-refractivity contribution is 7.07. The number of carbonyl (C=O) groups is 3. The summed E-state index contributed by atoms with van der Waals surface area (Å²) in [6.07, 6.45) is 2.12. The number of thiazole rings is 1. The van der Waals surface area contributed by atoms with E-state index < -0.39 is 23.5 Å². The largest absolute Gasteiger partial charge is 0.460 e. The molecule has 1 unspecified atom stereocenters. The number of rotatable bonds is 9. The third-order valence-electron chi connectivity index (χ3n) is 7.46. The van der Waals surface area contributed by atoms with Crippen LogP contribution in [0.1, 0.15) is 48.0 Å². The van der Waals surface area contributed by atoms with Gasteiger partial charge in [-0.25, -0.2) is 14.6 Å². The van der Waals surface area contributed by atoms with E-state index in [4.69, 9.17) is 18.6 Å². The highest BCUT2D eigenvalue weighted by atomic mass is 32.1. The average Bonchev–Trinajstić information content (AvgIpc) is 3.75. The van der Waals surface area contributed by atoms with Gasteiger partial charge in [-0.3, -0.25) is 14.2 Å². The van der Waals surface area contributed by atoms with E-state index in [1.807, 2.05) is 31.2 Å². The number of methoxy groups -OCH3 is 1. The number of fused-ring (bicyclic) bond motifs is 2. The number of furan rings is 1. The molecular weight excluding hydrogens is 598 g/mol. The normalized spacial score (nSPS) is 16.7. The van der Waals surface area contributed by atoms with Gasteiger partial charge in [-0.2, -0.15) is 0 Å². The van der Waals surface area contributed by atoms with Gasteiger partial charge in [-0.1, -0.05) is 48.6 Å². The predicted molar refractivity (Wildman–Crippen MR) is 165 cm³/mol. The van der Waals surface area contributed by atoms with Gasteiger partial charge in [0.15, 0.2) is 4.80 Å². The molecule has 0 spiro atoms. The lowest BCUT2D eigenvalue weighted by atomic mass is 9.96. The van der Waals surface area contributed by atoms with Crippen LogP contribution in [-0.4, -0.2) is 49.3 Å². The molecule has 6 rings (SSSR count). The summed E-state index contributed by atoms with van der Waals surface area (Å²) < 4.78 is 22.7. The Bertz CT molecular complexity index is 2000. The Balaban J connectivity index is 1.48. The van der Waals surface area contributed by atoms with Crippen molar-refractivity contribution in [1.29, 1.82) is 0 Å². The molecule has 4 aromatic rings. The molecule has 2 aromatic heterocycles. The molecule has 11 nitrogen and oxygen atoms in total. The Labute approximate surface area is 261 Å². The van der Waals surface area contributed by atoms with E-state index in [2.05, 4.69) is 4.99 Å². The zero-order valence-corrected chi connectivity index (χ0v) is 25.6. The first-order valence-corrected chi connectivity index (χ1v) is 15.1. The lowest BCUT2D eigenvalue weighted by Crippen LogP contribution is -2.41. The summed E-state index contributed by atoms with van der Waals surface area (Å²) in [4.78, 5) is 60.6. The van der Waals surface area contributed by atoms with E-state index in [0.29, 0.717) is 33.7 Å². The van der Waals surface area contributed by atoms with Crippen molar-refractivity contribution in [2.75, 3.05) is 31.8 Å². The van der Waals surface area contributed by atoms with E-state index in [0.717, 1.165) is 23.4 Å². The maximum absolute atomic E-state index is 14.3. The summed E-state index contributed by atoms with van der Waals surface area (Å²) in [5, 5.41) is 0. The van der Waals surface area contributed by atoms with Crippen LogP contribution in [0.2, 0.25) is 0 Å². The smallest absolute Gasteiger partial charge is 0.379 e. The van der Waals surface area contributed by atoms with Crippen molar-refractivity contribution in [2.24, 2.45) is 4.99 Å². The fourth-order valence-electron chi connectivity index (χ4n) is 5.46. The van der Waals surface area contributed by atoms with Gasteiger partial charge in [0.25, 0.3) is 11.5 Å². The van der Waals surface area contributed by atoms with Gasteiger partial charge in [-0.05, 0) is 49.2 Å². The molecular formula is C33H29N3O8S. The van der Waals surface area contributed by atoms with E-state index in [-0.39, 0.29) is 40.7 Å². The topological polar surface area (TPSA) is 130 Å². The second kappa shape index (κ2) is 12.5. The van der Waals surface area contributed by atoms with Crippen molar-refractivity contribution in [3.8, 4) is 5.75 Å². The van der Waals surface area contributed by atoms with Crippen molar-refractivity contribution < 1.29 is 33.0 Å². The second-order valence-corrected chi connectivity index (χ2v) is 11.3. The standard InChI is InChI=1S/C33H29N3O8S/c1-4-15-35-23-9-6-5-8-22(23)26(29(35)37)28-30(38)36-27(25(19(2)34-33(36)45-28)32(40)43-18-17-41-3)20-11-13-21(14-12-20)44-31(39)24-10-7-16-42-24/h5-14,16,27H,4,15,17-18H2,1-3H3/b28-26+. The number of allylic oxidation sites excluding steroid dienone is 1. The Morgan fingerprint density at radius 3 is 2.49 bits per heavy atom. The molecule has 1 atom stereocenters. The fraction of sp³-hybridized carbons (Fsp3) is 0.242. The van der Waals surface area contributed by atoms with Gasteiger partial charge >= 0.3 is 11.9 Å². The minimum Gasteiger partial charge on any atom is -0.460 e. The van der Waals surface area contributed by atoms with Crippen molar-refractivity contribution in [3.05, 3.63) is 115 Å². The highest BCUT2D eigenvalue weighted by Crippen LogP contribution is 2.36. The number of esters is 2. The predicted octanol–water partition coefficient (Wildman–Crippen LogP) is 3.36. The van der Waals surface area contributed by atoms with Gasteiger partial charge in [0, 0.05) is 19.2 Å². The number of nitrogens with zero attached hydrogens (tertiary/aromatic N) is 3. The first-order chi connectivity index (χ1) is 21.8. The number of hydrogen-bond donors (Lipinski definition) is 0. The van der Waals surface area contributed by atoms with Crippen molar-refractivity contribution in [3.63, 3.8) is 0 Å². The van der Waals surface area contributed by atoms with Crippen molar-refractivity contribution in [1.82, 2.24) is 4.57 Å². The molecule has 230 valence electrons. The summed E-state index contributed by atoms with van der Waals surface area (Å²) in [5.74, 6) is -1.28. The van der Waals surface area contributed by atoms with Gasteiger partial charge in [0.1, 0.15) is 16.9 Å². The SMILES string of the molecule is CCCN1C(=O)/C(=c2/sc3n(c2=O)C(c2ccc(OC(=O)c4ccco4)cc2)C(C(=O)OCCOC)=C(C)N=3)c2ccccc21. The Morgan fingerprint density at radius 1 is 1.00 bits per heavy atom. The van der Waals surface area contributed by atoms with E-state index in [1.54, 1.807) is 42.2 Å². The monoisotopic (exact) mass is 627 g/mol. The molecule has 4 heterocycles. The van der Waals surface area contributed by atoms with Crippen molar-refractivity contribution in [2.45, 2.75) is 26.3 Å². The third-order valence-corrected chi connectivity index (χ3v) is 8.52. The van der Waals surface area contributed by atoms with Gasteiger partial charge in [0.05, 0.1) is 41.4 Å². The first-order valence-electron chi connectivity index (χ1n) is 14.3. The Morgan fingerprint density at radius 2 is 1.78 bits per heavy atom. The fourth-order valence-corrected chi connectivity index (χ4v) is 6.60. The summed E-state index contributed by atoms with van der Waals surface area (Å²) >= 11 is 1.11. The van der Waals surface area contributed by atoms with Crippen LogP contribution in [0.25, 0.3) is 5.57 Å². The minimum atomic E-state index is -0.932. The zero-order valence-electron chi connectivity index (χ0n) is 24.8. The lowest BCUT2D eigenvalue weighted by molar-refractivity contribution is -0.140. The quantitative estimate of drug-likeness (QED) is 0.157. The number of para-hydroxylation sites is 1. The van der Waals surface area contributed by atoms with Crippen LogP contribution in [0.3, 0.4) is 0 Å². The molecule has 2 aliphatic heterocycles. The molecule has 45 heavy (non-hydrogen) atoms. The maximum atomic E-state index is 14.3. The van der Waals surface area contributed by atoms with Gasteiger partial charge < -0.3 is 23.5 Å². The molecule has 0 saturated carbocycles. The molecule has 2 aromatic carbocycles. The summed E-state index contributed by atoms with van der Waals surface area (Å²) in [7, 11) is 1.50. The molecule has 0 radical (unpaired) electrons. The number of aromatic nitrogens is 1. The summed E-state index contributed by atoms with van der Waals surface area (Å²) in [6.45, 7) is 4.37. The van der Waals surface area contributed by atoms with Crippen LogP contribution in [0.15, 0.2) is 92.4 Å². The first kappa shape index (κ1) is 30.0. The molecule has 0 bridgehead atoms. The molecule has 0 aliphatic carbocycles. The molecule has 2 aliphatic rings. The second-order valence-electron chi connectivity index (χ2n) is 10.3. The van der Waals surface area contributed by atoms with Crippen LogP contribution >= 0.6 is 11.3 Å². The number of benzene rings is 2. The zero-order chi connectivity index (χ0) is 31.7. The molecule has 1 amide bonds. The number of amides is 1. The third kappa shape index (κ3) is 5.42. The number of anilines is 1. The Kier molecular flexibility index (Phi) is 8.33. The number of ether oxygens (including phenoxy) is 3. The lowest BCUT2D eigenvalue weighted by Gasteiger charge is -2.25. The van der Waals surface area contributed by atoms with Gasteiger partial charge in [0.2, 0.25) is 5.76 Å². The van der Waals surface area contributed by atoms with E-state index >= 15 is 0 Å². The van der Waals surface area contributed by atoms with Crippen LogP contribution < -0.4 is 24.5 Å². The molecule has 0 saturated heterocycles. The van der Waals surface area contributed by atoms with Crippen molar-refractivity contribution >= 4 is 40.4 Å². The molecule has 0 fully saturated rings. The number of hydrogen-bond acceptors (Lipinski definition) is 10. The Hall–Kier alpha value is -5.07. The van der Waals surface area contributed by atoms with E-state index in [1.165, 1.54) is 24.0 Å². The highest BCUT2D eigenvalue weighted by Gasteiger charge is 2.37. The van der Waals surface area contributed by atoms with Gasteiger partial charge in [-0.15, -0.1) is 0 Å². The molecule has 12 heteroatoms. The number of carbonyl (C=O) groups excluding carboxylic acids is 3. The minimum absolute atomic E-state index is 0.00756. The van der Waals surface area contributed by atoms with Crippen LogP contribution in [0.4, 0.5) is 5.69 Å². The van der Waals surface area contributed by atoms with Crippen LogP contribution in [0.5, 0.6) is 5.75 Å².